The van der Waals surface area contributed by atoms with Crippen molar-refractivity contribution in [2.24, 2.45) is 0 Å². The molecule has 3 nitrogen and oxygen atoms in total. The summed E-state index contributed by atoms with van der Waals surface area (Å²) >= 11 is 0. The summed E-state index contributed by atoms with van der Waals surface area (Å²) in [7, 11) is -3.57. The van der Waals surface area contributed by atoms with Crippen LogP contribution in [0.3, 0.4) is 0 Å². The van der Waals surface area contributed by atoms with Crippen LogP contribution < -0.4 is 0 Å². The van der Waals surface area contributed by atoms with Gasteiger partial charge in [0.1, 0.15) is 6.29 Å². The number of carbonyl (C=O) groups excluding carboxylic acids is 1. The molecule has 0 saturated carbocycles. The fourth-order valence-corrected chi connectivity index (χ4v) is 4.70. The van der Waals surface area contributed by atoms with Crippen molar-refractivity contribution in [2.75, 3.05) is 0 Å². The van der Waals surface area contributed by atoms with Crippen molar-refractivity contribution in [3.05, 3.63) is 101 Å². The van der Waals surface area contributed by atoms with Crippen LogP contribution in [0.4, 0.5) is 0 Å². The lowest BCUT2D eigenvalue weighted by Gasteiger charge is -2.19. The Morgan fingerprint density at radius 3 is 2.04 bits per heavy atom. The summed E-state index contributed by atoms with van der Waals surface area (Å²) in [5, 5.41) is -0.715. The van der Waals surface area contributed by atoms with Crippen molar-refractivity contribution in [3.8, 4) is 0 Å². The zero-order chi connectivity index (χ0) is 18.6. The minimum absolute atomic E-state index is 0.302. The molecular weight excluding hydrogens is 344 g/mol. The van der Waals surface area contributed by atoms with Crippen LogP contribution in [0, 0.1) is 6.92 Å². The summed E-state index contributed by atoms with van der Waals surface area (Å²) in [5.74, 6) is 0. The maximum absolute atomic E-state index is 13.3. The van der Waals surface area contributed by atoms with E-state index in [-0.39, 0.29) is 0 Å². The lowest BCUT2D eigenvalue weighted by atomic mass is 10.0. The normalized spacial score (nSPS) is 12.5. The van der Waals surface area contributed by atoms with Gasteiger partial charge in [0.15, 0.2) is 9.84 Å². The Balaban J connectivity index is 2.05. The summed E-state index contributed by atoms with van der Waals surface area (Å²) in [5.41, 5.74) is 3.30. The van der Waals surface area contributed by atoms with E-state index in [4.69, 9.17) is 0 Å². The van der Waals surface area contributed by atoms with Gasteiger partial charge in [-0.3, -0.25) is 4.79 Å². The Morgan fingerprint density at radius 2 is 1.46 bits per heavy atom. The molecule has 0 heterocycles. The van der Waals surface area contributed by atoms with Crippen LogP contribution in [0.25, 0.3) is 0 Å². The third-order valence-electron chi connectivity index (χ3n) is 4.43. The predicted molar refractivity (Wildman–Crippen MR) is 103 cm³/mol. The van der Waals surface area contributed by atoms with Crippen LogP contribution in [0.1, 0.15) is 32.3 Å². The maximum atomic E-state index is 13.3. The molecule has 0 aliphatic carbocycles. The molecule has 1 atom stereocenters. The SMILES string of the molecule is Cc1ccc(CC(c2ccc(C=O)cc2)S(=O)(=O)c2ccccc2)cc1. The molecule has 0 aliphatic rings. The van der Waals surface area contributed by atoms with Gasteiger partial charge in [-0.05, 0) is 36.6 Å². The van der Waals surface area contributed by atoms with Crippen LogP contribution in [-0.2, 0) is 16.3 Å². The van der Waals surface area contributed by atoms with E-state index >= 15 is 0 Å². The molecule has 0 spiro atoms. The predicted octanol–water partition coefficient (Wildman–Crippen LogP) is 4.57. The molecule has 3 rings (SSSR count). The maximum Gasteiger partial charge on any atom is 0.185 e. The van der Waals surface area contributed by atoms with Gasteiger partial charge in [-0.1, -0.05) is 72.3 Å². The molecule has 0 aliphatic heterocycles. The highest BCUT2D eigenvalue weighted by Crippen LogP contribution is 2.32. The van der Waals surface area contributed by atoms with Crippen LogP contribution in [0.2, 0.25) is 0 Å². The molecule has 4 heteroatoms. The highest BCUT2D eigenvalue weighted by atomic mass is 32.2. The molecule has 132 valence electrons. The monoisotopic (exact) mass is 364 g/mol. The number of aryl methyl sites for hydroxylation is 1. The van der Waals surface area contributed by atoms with Crippen molar-refractivity contribution >= 4 is 16.1 Å². The number of sulfone groups is 1. The third-order valence-corrected chi connectivity index (χ3v) is 6.55. The van der Waals surface area contributed by atoms with E-state index in [1.165, 1.54) is 0 Å². The fraction of sp³-hybridized carbons (Fsp3) is 0.136. The van der Waals surface area contributed by atoms with Gasteiger partial charge in [-0.15, -0.1) is 0 Å². The molecule has 0 radical (unpaired) electrons. The minimum atomic E-state index is -3.57. The van der Waals surface area contributed by atoms with Crippen molar-refractivity contribution in [1.29, 1.82) is 0 Å². The number of hydrogen-bond donors (Lipinski definition) is 0. The number of benzene rings is 3. The Kier molecular flexibility index (Phi) is 5.33. The summed E-state index contributed by atoms with van der Waals surface area (Å²) in [6, 6.07) is 23.2. The van der Waals surface area contributed by atoms with Gasteiger partial charge in [0.05, 0.1) is 10.1 Å². The van der Waals surface area contributed by atoms with Gasteiger partial charge >= 0.3 is 0 Å². The second kappa shape index (κ2) is 7.67. The Bertz CT molecular complexity index is 974. The Morgan fingerprint density at radius 1 is 0.846 bits per heavy atom. The first-order valence-corrected chi connectivity index (χ1v) is 9.95. The van der Waals surface area contributed by atoms with Crippen LogP contribution in [0.15, 0.2) is 83.8 Å². The van der Waals surface area contributed by atoms with Crippen LogP contribution >= 0.6 is 0 Å². The summed E-state index contributed by atoms with van der Waals surface area (Å²) in [4.78, 5) is 11.2. The van der Waals surface area contributed by atoms with Gasteiger partial charge in [0.2, 0.25) is 0 Å². The zero-order valence-corrected chi connectivity index (χ0v) is 15.3. The lowest BCUT2D eigenvalue weighted by Crippen LogP contribution is -2.16. The highest BCUT2D eigenvalue weighted by Gasteiger charge is 2.29. The van der Waals surface area contributed by atoms with E-state index in [1.54, 1.807) is 54.6 Å². The number of rotatable bonds is 6. The lowest BCUT2D eigenvalue weighted by molar-refractivity contribution is 0.112. The molecule has 0 N–H and O–H groups in total. The first-order chi connectivity index (χ1) is 12.5. The Labute approximate surface area is 154 Å². The Hall–Kier alpha value is -2.72. The molecule has 0 saturated heterocycles. The van der Waals surface area contributed by atoms with E-state index < -0.39 is 15.1 Å². The van der Waals surface area contributed by atoms with Gasteiger partial charge in [0, 0.05) is 5.56 Å². The summed E-state index contributed by atoms with van der Waals surface area (Å²) in [6.07, 6.45) is 1.13. The van der Waals surface area contributed by atoms with Crippen molar-refractivity contribution in [2.45, 2.75) is 23.5 Å². The van der Waals surface area contributed by atoms with Crippen molar-refractivity contribution in [3.63, 3.8) is 0 Å². The van der Waals surface area contributed by atoms with Crippen molar-refractivity contribution in [1.82, 2.24) is 0 Å². The third kappa shape index (κ3) is 3.92. The fourth-order valence-electron chi connectivity index (χ4n) is 2.91. The average Bonchev–Trinajstić information content (AvgIpc) is 2.68. The largest absolute Gasteiger partial charge is 0.298 e. The minimum Gasteiger partial charge on any atom is -0.298 e. The standard InChI is InChI=1S/C22H20O3S/c1-17-7-9-18(10-8-17)15-22(20-13-11-19(16-23)12-14-20)26(24,25)21-5-3-2-4-6-21/h2-14,16,22H,15H2,1H3. The summed E-state index contributed by atoms with van der Waals surface area (Å²) < 4.78 is 26.6. The number of hydrogen-bond acceptors (Lipinski definition) is 3. The first kappa shape index (κ1) is 18.1. The van der Waals surface area contributed by atoms with E-state index in [9.17, 15) is 13.2 Å². The van der Waals surface area contributed by atoms with Gasteiger partial charge < -0.3 is 0 Å². The van der Waals surface area contributed by atoms with E-state index in [2.05, 4.69) is 0 Å². The van der Waals surface area contributed by atoms with Gasteiger partial charge in [-0.25, -0.2) is 8.42 Å². The molecular formula is C22H20O3S. The highest BCUT2D eigenvalue weighted by molar-refractivity contribution is 7.91. The smallest absolute Gasteiger partial charge is 0.185 e. The topological polar surface area (TPSA) is 51.2 Å². The number of aldehydes is 1. The van der Waals surface area contributed by atoms with Crippen LogP contribution in [0.5, 0.6) is 0 Å². The van der Waals surface area contributed by atoms with Crippen molar-refractivity contribution < 1.29 is 13.2 Å². The molecule has 0 fully saturated rings. The van der Waals surface area contributed by atoms with Gasteiger partial charge in [-0.2, -0.15) is 0 Å². The second-order valence-corrected chi connectivity index (χ2v) is 8.45. The van der Waals surface area contributed by atoms with E-state index in [0.717, 1.165) is 17.4 Å². The molecule has 1 unspecified atom stereocenters. The molecule has 0 amide bonds. The molecule has 3 aromatic carbocycles. The van der Waals surface area contributed by atoms with E-state index in [0.29, 0.717) is 22.4 Å². The average molecular weight is 364 g/mol. The van der Waals surface area contributed by atoms with E-state index in [1.807, 2.05) is 31.2 Å². The molecule has 3 aromatic rings. The molecule has 26 heavy (non-hydrogen) atoms. The molecule has 0 bridgehead atoms. The zero-order valence-electron chi connectivity index (χ0n) is 14.5. The van der Waals surface area contributed by atoms with Crippen LogP contribution in [-0.4, -0.2) is 14.7 Å². The second-order valence-electron chi connectivity index (χ2n) is 6.32. The number of carbonyl (C=O) groups is 1. The van der Waals surface area contributed by atoms with Gasteiger partial charge in [0.25, 0.3) is 0 Å². The quantitative estimate of drug-likeness (QED) is 0.602. The first-order valence-electron chi connectivity index (χ1n) is 8.40. The molecule has 0 aromatic heterocycles. The summed E-state index contributed by atoms with van der Waals surface area (Å²) in [6.45, 7) is 2.00.